The zero-order valence-corrected chi connectivity index (χ0v) is 12.3. The summed E-state index contributed by atoms with van der Waals surface area (Å²) in [6.07, 6.45) is 3.17. The summed E-state index contributed by atoms with van der Waals surface area (Å²) in [6, 6.07) is 5.08. The number of nitrogens with zero attached hydrogens (tertiary/aromatic N) is 2. The van der Waals surface area contributed by atoms with Crippen LogP contribution in [0.15, 0.2) is 18.2 Å². The van der Waals surface area contributed by atoms with Crippen molar-refractivity contribution in [2.24, 2.45) is 5.92 Å². The molecule has 1 saturated heterocycles. The van der Waals surface area contributed by atoms with Crippen molar-refractivity contribution in [3.63, 3.8) is 0 Å². The molecule has 2 amide bonds. The third-order valence-corrected chi connectivity index (χ3v) is 4.63. The van der Waals surface area contributed by atoms with Crippen LogP contribution in [-0.2, 0) is 0 Å². The van der Waals surface area contributed by atoms with Crippen LogP contribution in [-0.4, -0.2) is 48.3 Å². The van der Waals surface area contributed by atoms with E-state index in [1.807, 2.05) is 0 Å². The highest BCUT2D eigenvalue weighted by atomic mass is 16.2. The van der Waals surface area contributed by atoms with Gasteiger partial charge in [0.25, 0.3) is 11.8 Å². The van der Waals surface area contributed by atoms with Crippen molar-refractivity contribution >= 4 is 17.5 Å². The van der Waals surface area contributed by atoms with Crippen molar-refractivity contribution in [3.05, 3.63) is 29.3 Å². The highest BCUT2D eigenvalue weighted by Gasteiger charge is 2.37. The molecule has 0 radical (unpaired) electrons. The van der Waals surface area contributed by atoms with Crippen LogP contribution in [0.2, 0.25) is 0 Å². The van der Waals surface area contributed by atoms with Crippen molar-refractivity contribution in [3.8, 4) is 0 Å². The molecule has 112 valence electrons. The number of rotatable bonds is 3. The largest absolute Gasteiger partial charge is 0.398 e. The Morgan fingerprint density at radius 3 is 2.57 bits per heavy atom. The molecule has 1 aromatic rings. The molecular formula is C16H21N3O2. The van der Waals surface area contributed by atoms with E-state index in [4.69, 9.17) is 5.73 Å². The summed E-state index contributed by atoms with van der Waals surface area (Å²) in [4.78, 5) is 28.4. The second kappa shape index (κ2) is 5.48. The molecule has 2 heterocycles. The van der Waals surface area contributed by atoms with Gasteiger partial charge in [0.1, 0.15) is 0 Å². The Bertz CT molecular complexity index is 577. The third kappa shape index (κ3) is 2.53. The number of anilines is 1. The molecule has 5 heteroatoms. The van der Waals surface area contributed by atoms with Crippen molar-refractivity contribution < 1.29 is 9.59 Å². The monoisotopic (exact) mass is 287 g/mol. The van der Waals surface area contributed by atoms with Gasteiger partial charge < -0.3 is 10.6 Å². The molecule has 1 fully saturated rings. The zero-order chi connectivity index (χ0) is 15.0. The number of likely N-dealkylation sites (tertiary alicyclic amines) is 1. The van der Waals surface area contributed by atoms with Crippen molar-refractivity contribution in [1.82, 2.24) is 9.80 Å². The summed E-state index contributed by atoms with van der Waals surface area (Å²) in [5.74, 6) is 0.166. The Morgan fingerprint density at radius 1 is 1.19 bits per heavy atom. The molecule has 2 aliphatic heterocycles. The zero-order valence-electron chi connectivity index (χ0n) is 12.3. The first-order valence-electron chi connectivity index (χ1n) is 7.51. The van der Waals surface area contributed by atoms with Gasteiger partial charge in [-0.1, -0.05) is 6.07 Å². The lowest BCUT2D eigenvalue weighted by Gasteiger charge is -2.29. The second-order valence-corrected chi connectivity index (χ2v) is 6.07. The summed E-state index contributed by atoms with van der Waals surface area (Å²) >= 11 is 0. The highest BCUT2D eigenvalue weighted by molar-refractivity contribution is 6.23. The number of imide groups is 1. The van der Waals surface area contributed by atoms with E-state index in [1.165, 1.54) is 4.90 Å². The maximum absolute atomic E-state index is 12.4. The van der Waals surface area contributed by atoms with Gasteiger partial charge in [-0.05, 0) is 57.5 Å². The van der Waals surface area contributed by atoms with Crippen LogP contribution >= 0.6 is 0 Å². The Kier molecular flexibility index (Phi) is 3.68. The molecule has 5 nitrogen and oxygen atoms in total. The number of benzene rings is 1. The van der Waals surface area contributed by atoms with Crippen LogP contribution in [0.5, 0.6) is 0 Å². The molecule has 0 unspecified atom stereocenters. The molecule has 21 heavy (non-hydrogen) atoms. The molecule has 1 aromatic carbocycles. The fourth-order valence-electron chi connectivity index (χ4n) is 3.23. The van der Waals surface area contributed by atoms with Crippen molar-refractivity contribution in [2.75, 3.05) is 32.4 Å². The van der Waals surface area contributed by atoms with Crippen LogP contribution < -0.4 is 5.73 Å². The van der Waals surface area contributed by atoms with Crippen LogP contribution in [0, 0.1) is 5.92 Å². The van der Waals surface area contributed by atoms with Gasteiger partial charge in [0.05, 0.1) is 11.1 Å². The number of hydrogen-bond acceptors (Lipinski definition) is 4. The SMILES string of the molecule is CN1CCC(CCN2C(=O)c3cccc(N)c3C2=O)CC1. The lowest BCUT2D eigenvalue weighted by Crippen LogP contribution is -2.35. The number of hydrogen-bond donors (Lipinski definition) is 1. The van der Waals surface area contributed by atoms with Crippen molar-refractivity contribution in [2.45, 2.75) is 19.3 Å². The minimum atomic E-state index is -0.235. The Labute approximate surface area is 124 Å². The number of nitrogen functional groups attached to an aromatic ring is 1. The van der Waals surface area contributed by atoms with Crippen molar-refractivity contribution in [1.29, 1.82) is 0 Å². The third-order valence-electron chi connectivity index (χ3n) is 4.63. The van der Waals surface area contributed by atoms with Crippen LogP contribution in [0.4, 0.5) is 5.69 Å². The maximum Gasteiger partial charge on any atom is 0.263 e. The van der Waals surface area contributed by atoms with Gasteiger partial charge >= 0.3 is 0 Å². The molecule has 3 rings (SSSR count). The van der Waals surface area contributed by atoms with Gasteiger partial charge in [-0.25, -0.2) is 0 Å². The number of fused-ring (bicyclic) bond motifs is 1. The van der Waals surface area contributed by atoms with Gasteiger partial charge in [0, 0.05) is 12.2 Å². The van der Waals surface area contributed by atoms with E-state index in [9.17, 15) is 9.59 Å². The molecule has 0 bridgehead atoms. The van der Waals surface area contributed by atoms with E-state index in [0.717, 1.165) is 32.4 Å². The summed E-state index contributed by atoms with van der Waals surface area (Å²) in [5, 5.41) is 0. The van der Waals surface area contributed by atoms with E-state index >= 15 is 0 Å². The average molecular weight is 287 g/mol. The predicted molar refractivity (Wildman–Crippen MR) is 81.1 cm³/mol. The minimum Gasteiger partial charge on any atom is -0.398 e. The standard InChI is InChI=1S/C16H21N3O2/c1-18-8-5-11(6-9-18)7-10-19-15(20)12-3-2-4-13(17)14(12)16(19)21/h2-4,11H,5-10,17H2,1H3. The summed E-state index contributed by atoms with van der Waals surface area (Å²) in [6.45, 7) is 2.69. The number of nitrogens with two attached hydrogens (primary N) is 1. The second-order valence-electron chi connectivity index (χ2n) is 6.07. The first-order valence-corrected chi connectivity index (χ1v) is 7.51. The van der Waals surface area contributed by atoms with Gasteiger partial charge in [0.2, 0.25) is 0 Å². The van der Waals surface area contributed by atoms with E-state index in [2.05, 4.69) is 11.9 Å². The predicted octanol–water partition coefficient (Wildman–Crippen LogP) is 1.60. The first-order chi connectivity index (χ1) is 10.1. The molecular weight excluding hydrogens is 266 g/mol. The number of carbonyl (C=O) groups is 2. The maximum atomic E-state index is 12.4. The van der Waals surface area contributed by atoms with Gasteiger partial charge in [0.15, 0.2) is 0 Å². The van der Waals surface area contributed by atoms with E-state index in [0.29, 0.717) is 29.3 Å². The van der Waals surface area contributed by atoms with Crippen LogP contribution in [0.1, 0.15) is 40.0 Å². The topological polar surface area (TPSA) is 66.6 Å². The molecule has 0 atom stereocenters. The fraction of sp³-hybridized carbons (Fsp3) is 0.500. The lowest BCUT2D eigenvalue weighted by molar-refractivity contribution is 0.0639. The van der Waals surface area contributed by atoms with Gasteiger partial charge in [-0.2, -0.15) is 0 Å². The average Bonchev–Trinajstić information content (AvgIpc) is 2.72. The highest BCUT2D eigenvalue weighted by Crippen LogP contribution is 2.29. The van der Waals surface area contributed by atoms with Gasteiger partial charge in [-0.15, -0.1) is 0 Å². The Morgan fingerprint density at radius 2 is 1.90 bits per heavy atom. The normalized spacial score (nSPS) is 20.1. The fourth-order valence-corrected chi connectivity index (χ4v) is 3.23. The number of amides is 2. The molecule has 0 saturated carbocycles. The molecule has 2 aliphatic rings. The number of piperidine rings is 1. The van der Waals surface area contributed by atoms with E-state index in [1.54, 1.807) is 18.2 Å². The molecule has 0 aromatic heterocycles. The van der Waals surface area contributed by atoms with E-state index in [-0.39, 0.29) is 11.8 Å². The summed E-state index contributed by atoms with van der Waals surface area (Å²) < 4.78 is 0. The van der Waals surface area contributed by atoms with E-state index < -0.39 is 0 Å². The Balaban J connectivity index is 1.67. The van der Waals surface area contributed by atoms with Gasteiger partial charge in [-0.3, -0.25) is 14.5 Å². The Hall–Kier alpha value is -1.88. The molecule has 0 aliphatic carbocycles. The lowest BCUT2D eigenvalue weighted by atomic mass is 9.93. The quantitative estimate of drug-likeness (QED) is 0.677. The van der Waals surface area contributed by atoms with Crippen LogP contribution in [0.3, 0.4) is 0 Å². The first kappa shape index (κ1) is 14.1. The summed E-state index contributed by atoms with van der Waals surface area (Å²) in [5.41, 5.74) is 7.06. The molecule has 2 N–H and O–H groups in total. The smallest absolute Gasteiger partial charge is 0.263 e. The van der Waals surface area contributed by atoms with Crippen LogP contribution in [0.25, 0.3) is 0 Å². The minimum absolute atomic E-state index is 0.199. The summed E-state index contributed by atoms with van der Waals surface area (Å²) in [7, 11) is 2.13. The number of carbonyl (C=O) groups excluding carboxylic acids is 2. The molecule has 0 spiro atoms.